The van der Waals surface area contributed by atoms with Crippen LogP contribution in [0.5, 0.6) is 0 Å². The van der Waals surface area contributed by atoms with Gasteiger partial charge in [-0.1, -0.05) is 30.4 Å². The van der Waals surface area contributed by atoms with Gasteiger partial charge in [0.2, 0.25) is 0 Å². The molecular formula is C9H9N3. The highest BCUT2D eigenvalue weighted by Crippen LogP contribution is 2.12. The van der Waals surface area contributed by atoms with Gasteiger partial charge in [0, 0.05) is 5.57 Å². The quantitative estimate of drug-likeness (QED) is 0.677. The van der Waals surface area contributed by atoms with E-state index in [1.54, 1.807) is 6.33 Å². The lowest BCUT2D eigenvalue weighted by molar-refractivity contribution is 1.07. The number of H-pyrrole nitrogens is 1. The molecule has 0 aliphatic heterocycles. The highest BCUT2D eigenvalue weighted by molar-refractivity contribution is 5.71. The van der Waals surface area contributed by atoms with Crippen molar-refractivity contribution in [2.45, 2.75) is 6.42 Å². The van der Waals surface area contributed by atoms with Gasteiger partial charge in [-0.05, 0) is 6.42 Å². The van der Waals surface area contributed by atoms with E-state index in [0.717, 1.165) is 17.8 Å². The number of hydrogen-bond acceptors (Lipinski definition) is 2. The van der Waals surface area contributed by atoms with Gasteiger partial charge in [-0.3, -0.25) is 0 Å². The van der Waals surface area contributed by atoms with Crippen molar-refractivity contribution in [2.75, 3.05) is 0 Å². The standard InChI is InChI=1S/C9H9N3/c1-2-4-6-8(5-3-1)9-10-7-11-12-9/h1,3-7H,2H2,(H,10,11,12). The highest BCUT2D eigenvalue weighted by atomic mass is 15.2. The van der Waals surface area contributed by atoms with Crippen molar-refractivity contribution < 1.29 is 0 Å². The normalized spacial score (nSPS) is 15.8. The molecule has 1 aromatic heterocycles. The van der Waals surface area contributed by atoms with E-state index in [2.05, 4.69) is 27.3 Å². The van der Waals surface area contributed by atoms with Crippen LogP contribution in [0, 0.1) is 0 Å². The third kappa shape index (κ3) is 1.34. The molecule has 2 rings (SSSR count). The van der Waals surface area contributed by atoms with Crippen molar-refractivity contribution in [2.24, 2.45) is 0 Å². The summed E-state index contributed by atoms with van der Waals surface area (Å²) >= 11 is 0. The number of nitrogens with one attached hydrogen (secondary N) is 1. The summed E-state index contributed by atoms with van der Waals surface area (Å²) in [6, 6.07) is 0. The Morgan fingerprint density at radius 1 is 1.33 bits per heavy atom. The number of allylic oxidation sites excluding steroid dienone is 6. The maximum absolute atomic E-state index is 3.92. The van der Waals surface area contributed by atoms with Gasteiger partial charge in [0.05, 0.1) is 0 Å². The summed E-state index contributed by atoms with van der Waals surface area (Å²) in [5, 5.41) is 7.65. The lowest BCUT2D eigenvalue weighted by atomic mass is 10.2. The first-order chi connectivity index (χ1) is 5.97. The Morgan fingerprint density at radius 3 is 3.17 bits per heavy atom. The molecule has 0 saturated heterocycles. The van der Waals surface area contributed by atoms with E-state index in [0.29, 0.717) is 0 Å². The minimum atomic E-state index is 0.817. The van der Waals surface area contributed by atoms with E-state index in [1.165, 1.54) is 0 Å². The van der Waals surface area contributed by atoms with Crippen LogP contribution in [0.25, 0.3) is 5.57 Å². The molecule has 0 amide bonds. The second kappa shape index (κ2) is 3.17. The molecule has 0 radical (unpaired) electrons. The molecule has 0 aromatic carbocycles. The molecule has 1 aromatic rings. The Labute approximate surface area is 70.5 Å². The minimum Gasteiger partial charge on any atom is -0.328 e. The van der Waals surface area contributed by atoms with Crippen LogP contribution >= 0.6 is 0 Å². The fourth-order valence-electron chi connectivity index (χ4n) is 1.08. The molecule has 12 heavy (non-hydrogen) atoms. The van der Waals surface area contributed by atoms with Gasteiger partial charge in [-0.25, -0.2) is 0 Å². The number of nitrogens with zero attached hydrogens (tertiary/aromatic N) is 2. The smallest absolute Gasteiger partial charge is 0.161 e. The van der Waals surface area contributed by atoms with Gasteiger partial charge in [0.15, 0.2) is 5.82 Å². The predicted molar refractivity (Wildman–Crippen MR) is 47.3 cm³/mol. The van der Waals surface area contributed by atoms with Crippen LogP contribution in [0.2, 0.25) is 0 Å². The van der Waals surface area contributed by atoms with Gasteiger partial charge in [0.1, 0.15) is 6.33 Å². The number of hydrogen-bond donors (Lipinski definition) is 1. The van der Waals surface area contributed by atoms with Crippen molar-refractivity contribution in [3.63, 3.8) is 0 Å². The molecule has 0 unspecified atom stereocenters. The van der Waals surface area contributed by atoms with Gasteiger partial charge >= 0.3 is 0 Å². The van der Waals surface area contributed by atoms with E-state index in [1.807, 2.05) is 18.2 Å². The third-order valence-electron chi connectivity index (χ3n) is 1.67. The summed E-state index contributed by atoms with van der Waals surface area (Å²) < 4.78 is 0. The third-order valence-corrected chi connectivity index (χ3v) is 1.67. The number of rotatable bonds is 1. The Hall–Kier alpha value is -1.64. The van der Waals surface area contributed by atoms with E-state index in [9.17, 15) is 0 Å². The van der Waals surface area contributed by atoms with Crippen molar-refractivity contribution >= 4 is 5.57 Å². The van der Waals surface area contributed by atoms with Crippen LogP contribution in [0.15, 0.2) is 36.7 Å². The maximum atomic E-state index is 3.92. The predicted octanol–water partition coefficient (Wildman–Crippen LogP) is 1.70. The lowest BCUT2D eigenvalue weighted by Gasteiger charge is -1.91. The van der Waals surface area contributed by atoms with Crippen LogP contribution in [0.3, 0.4) is 0 Å². The van der Waals surface area contributed by atoms with Crippen LogP contribution in [0.4, 0.5) is 0 Å². The number of aromatic amines is 1. The molecule has 0 spiro atoms. The molecule has 1 aliphatic rings. The summed E-state index contributed by atoms with van der Waals surface area (Å²) in [4.78, 5) is 2.96. The first kappa shape index (κ1) is 7.03. The summed E-state index contributed by atoms with van der Waals surface area (Å²) in [6.07, 6.45) is 12.8. The van der Waals surface area contributed by atoms with Crippen molar-refractivity contribution in [3.05, 3.63) is 42.5 Å². The molecule has 3 heteroatoms. The highest BCUT2D eigenvalue weighted by Gasteiger charge is 1.99. The molecule has 60 valence electrons. The van der Waals surface area contributed by atoms with E-state index < -0.39 is 0 Å². The largest absolute Gasteiger partial charge is 0.328 e. The zero-order valence-corrected chi connectivity index (χ0v) is 6.57. The van der Waals surface area contributed by atoms with Crippen LogP contribution in [0.1, 0.15) is 12.2 Å². The van der Waals surface area contributed by atoms with E-state index in [4.69, 9.17) is 0 Å². The summed E-state index contributed by atoms with van der Waals surface area (Å²) in [5.41, 5.74) is 1.07. The van der Waals surface area contributed by atoms with Crippen LogP contribution in [-0.2, 0) is 0 Å². The average Bonchev–Trinajstić information content (AvgIpc) is 2.48. The Kier molecular flexibility index (Phi) is 1.86. The van der Waals surface area contributed by atoms with Gasteiger partial charge in [-0.15, -0.1) is 10.2 Å². The summed E-state index contributed by atoms with van der Waals surface area (Å²) in [6.45, 7) is 0. The second-order valence-electron chi connectivity index (χ2n) is 2.53. The Bertz CT molecular complexity index is 331. The maximum Gasteiger partial charge on any atom is 0.161 e. The lowest BCUT2D eigenvalue weighted by Crippen LogP contribution is -1.82. The molecule has 1 aliphatic carbocycles. The van der Waals surface area contributed by atoms with Crippen molar-refractivity contribution in [3.8, 4) is 0 Å². The Morgan fingerprint density at radius 2 is 2.33 bits per heavy atom. The van der Waals surface area contributed by atoms with Crippen LogP contribution in [-0.4, -0.2) is 15.2 Å². The van der Waals surface area contributed by atoms with E-state index in [-0.39, 0.29) is 0 Å². The van der Waals surface area contributed by atoms with Crippen molar-refractivity contribution in [1.29, 1.82) is 0 Å². The molecule has 0 saturated carbocycles. The monoisotopic (exact) mass is 159 g/mol. The molecule has 1 heterocycles. The topological polar surface area (TPSA) is 41.6 Å². The average molecular weight is 159 g/mol. The second-order valence-corrected chi connectivity index (χ2v) is 2.53. The van der Waals surface area contributed by atoms with Gasteiger partial charge in [0.25, 0.3) is 0 Å². The minimum absolute atomic E-state index is 0.817. The van der Waals surface area contributed by atoms with E-state index >= 15 is 0 Å². The Balaban J connectivity index is 2.34. The summed E-state index contributed by atoms with van der Waals surface area (Å²) in [7, 11) is 0. The van der Waals surface area contributed by atoms with Crippen LogP contribution < -0.4 is 0 Å². The zero-order valence-electron chi connectivity index (χ0n) is 6.57. The number of aromatic nitrogens is 3. The molecular weight excluding hydrogens is 150 g/mol. The summed E-state index contributed by atoms with van der Waals surface area (Å²) in [5.74, 6) is 0.817. The SMILES string of the molecule is C1=CCC=CC(c2nnc[nH]2)=C1. The first-order valence-electron chi connectivity index (χ1n) is 3.86. The molecule has 0 atom stereocenters. The first-order valence-corrected chi connectivity index (χ1v) is 3.86. The molecule has 3 nitrogen and oxygen atoms in total. The van der Waals surface area contributed by atoms with Crippen molar-refractivity contribution in [1.82, 2.24) is 15.2 Å². The molecule has 1 N–H and O–H groups in total. The van der Waals surface area contributed by atoms with Gasteiger partial charge < -0.3 is 4.98 Å². The zero-order chi connectivity index (χ0) is 8.23. The van der Waals surface area contributed by atoms with Gasteiger partial charge in [-0.2, -0.15) is 0 Å². The fourth-order valence-corrected chi connectivity index (χ4v) is 1.08. The molecule has 0 bridgehead atoms. The molecule has 0 fully saturated rings. The fraction of sp³-hybridized carbons (Fsp3) is 0.111.